The predicted octanol–water partition coefficient (Wildman–Crippen LogP) is 3.17. The Kier molecular flexibility index (Phi) is 5.83. The zero-order valence-electron chi connectivity index (χ0n) is 15.5. The van der Waals surface area contributed by atoms with Gasteiger partial charge >= 0.3 is 0 Å². The molecule has 0 atom stereocenters. The summed E-state index contributed by atoms with van der Waals surface area (Å²) >= 11 is 0. The molecule has 1 fully saturated rings. The molecular weight excluding hydrogens is 369 g/mol. The molecule has 1 N–H and O–H groups in total. The predicted molar refractivity (Wildman–Crippen MR) is 101 cm³/mol. The molecule has 7 heteroatoms. The molecule has 0 radical (unpaired) electrons. The Morgan fingerprint density at radius 1 is 1.15 bits per heavy atom. The Morgan fingerprint density at radius 3 is 2.41 bits per heavy atom. The first-order valence-corrected chi connectivity index (χ1v) is 10.3. The molecule has 2 aromatic rings. The van der Waals surface area contributed by atoms with Gasteiger partial charge in [0.25, 0.3) is 0 Å². The van der Waals surface area contributed by atoms with E-state index in [2.05, 4.69) is 4.72 Å². The summed E-state index contributed by atoms with van der Waals surface area (Å²) in [5, 5.41) is 0. The van der Waals surface area contributed by atoms with E-state index >= 15 is 0 Å². The molecule has 0 aromatic heterocycles. The van der Waals surface area contributed by atoms with Crippen molar-refractivity contribution in [1.82, 2.24) is 4.72 Å². The number of benzene rings is 2. The highest BCUT2D eigenvalue weighted by Gasteiger charge is 2.36. The van der Waals surface area contributed by atoms with Gasteiger partial charge in [0.05, 0.1) is 12.0 Å². The third-order valence-electron chi connectivity index (χ3n) is 5.18. The third-order valence-corrected chi connectivity index (χ3v) is 6.74. The summed E-state index contributed by atoms with van der Waals surface area (Å²) in [6, 6.07) is 11.4. The Morgan fingerprint density at radius 2 is 1.81 bits per heavy atom. The van der Waals surface area contributed by atoms with E-state index in [-0.39, 0.29) is 16.9 Å². The zero-order chi connectivity index (χ0) is 19.5. The number of hydrogen-bond donors (Lipinski definition) is 1. The summed E-state index contributed by atoms with van der Waals surface area (Å²) in [7, 11) is -2.14. The van der Waals surface area contributed by atoms with E-state index in [0.717, 1.165) is 17.4 Å². The second kappa shape index (κ2) is 7.96. The van der Waals surface area contributed by atoms with Crippen molar-refractivity contribution < 1.29 is 22.3 Å². The van der Waals surface area contributed by atoms with Crippen LogP contribution in [0.1, 0.15) is 24.0 Å². The summed E-state index contributed by atoms with van der Waals surface area (Å²) in [6.07, 6.45) is 1.43. The van der Waals surface area contributed by atoms with Crippen LogP contribution in [0, 0.1) is 12.7 Å². The molecule has 1 heterocycles. The molecular formula is C20H24FNO4S. The number of aryl methyl sites for hydroxylation is 1. The van der Waals surface area contributed by atoms with Gasteiger partial charge in [0.2, 0.25) is 10.0 Å². The van der Waals surface area contributed by atoms with E-state index in [1.807, 2.05) is 24.3 Å². The van der Waals surface area contributed by atoms with Gasteiger partial charge in [-0.05, 0) is 61.2 Å². The molecule has 2 aromatic carbocycles. The fourth-order valence-corrected chi connectivity index (χ4v) is 4.85. The quantitative estimate of drug-likeness (QED) is 0.819. The van der Waals surface area contributed by atoms with E-state index in [9.17, 15) is 12.8 Å². The van der Waals surface area contributed by atoms with Crippen LogP contribution in [0.4, 0.5) is 4.39 Å². The molecule has 0 aliphatic carbocycles. The Labute approximate surface area is 159 Å². The van der Waals surface area contributed by atoms with Gasteiger partial charge in [-0.1, -0.05) is 12.1 Å². The average molecular weight is 393 g/mol. The summed E-state index contributed by atoms with van der Waals surface area (Å²) < 4.78 is 52.4. The van der Waals surface area contributed by atoms with Gasteiger partial charge in [0.1, 0.15) is 11.6 Å². The highest BCUT2D eigenvalue weighted by molar-refractivity contribution is 7.89. The fourth-order valence-electron chi connectivity index (χ4n) is 3.50. The number of ether oxygens (including phenoxy) is 2. The first-order valence-electron chi connectivity index (χ1n) is 8.84. The van der Waals surface area contributed by atoms with Crippen molar-refractivity contribution in [3.05, 3.63) is 59.4 Å². The van der Waals surface area contributed by atoms with Gasteiger partial charge in [-0.3, -0.25) is 0 Å². The highest BCUT2D eigenvalue weighted by Crippen LogP contribution is 2.35. The minimum atomic E-state index is -3.75. The second-order valence-electron chi connectivity index (χ2n) is 6.86. The van der Waals surface area contributed by atoms with Gasteiger partial charge in [-0.15, -0.1) is 0 Å². The molecule has 0 amide bonds. The van der Waals surface area contributed by atoms with Crippen molar-refractivity contribution in [2.45, 2.75) is 30.1 Å². The van der Waals surface area contributed by atoms with E-state index in [1.165, 1.54) is 12.1 Å². The molecule has 1 aliphatic heterocycles. The van der Waals surface area contributed by atoms with Crippen LogP contribution in [0.15, 0.2) is 47.4 Å². The van der Waals surface area contributed by atoms with Gasteiger partial charge < -0.3 is 9.47 Å². The lowest BCUT2D eigenvalue weighted by molar-refractivity contribution is 0.0517. The number of nitrogens with one attached hydrogen (secondary N) is 1. The van der Waals surface area contributed by atoms with Crippen molar-refractivity contribution in [3.63, 3.8) is 0 Å². The topological polar surface area (TPSA) is 64.6 Å². The first kappa shape index (κ1) is 19.8. The monoisotopic (exact) mass is 393 g/mol. The molecule has 0 unspecified atom stereocenters. The molecule has 1 saturated heterocycles. The molecule has 5 nitrogen and oxygen atoms in total. The fraction of sp³-hybridized carbons (Fsp3) is 0.400. The van der Waals surface area contributed by atoms with Crippen LogP contribution in [0.5, 0.6) is 5.75 Å². The molecule has 3 rings (SSSR count). The standard InChI is InChI=1S/C20H24FNO4S/c1-15-13-17(21)5-8-19(15)27(23,24)22-14-20(9-11-26-12-10-20)16-3-6-18(25-2)7-4-16/h3-8,13,22H,9-12,14H2,1-2H3. The SMILES string of the molecule is COc1ccc(C2(CNS(=O)(=O)c3ccc(F)cc3C)CCOCC2)cc1. The van der Waals surface area contributed by atoms with Crippen molar-refractivity contribution in [2.75, 3.05) is 26.9 Å². The smallest absolute Gasteiger partial charge is 0.240 e. The number of rotatable bonds is 6. The van der Waals surface area contributed by atoms with Crippen LogP contribution >= 0.6 is 0 Å². The van der Waals surface area contributed by atoms with E-state index in [0.29, 0.717) is 31.6 Å². The summed E-state index contributed by atoms with van der Waals surface area (Å²) in [5.74, 6) is 0.300. The molecule has 27 heavy (non-hydrogen) atoms. The van der Waals surface area contributed by atoms with E-state index < -0.39 is 15.8 Å². The van der Waals surface area contributed by atoms with E-state index in [1.54, 1.807) is 14.0 Å². The van der Waals surface area contributed by atoms with Gasteiger partial charge in [0, 0.05) is 25.2 Å². The molecule has 0 bridgehead atoms. The Bertz CT molecular complexity index is 891. The molecule has 0 spiro atoms. The van der Waals surface area contributed by atoms with Crippen LogP contribution in [-0.4, -0.2) is 35.3 Å². The first-order chi connectivity index (χ1) is 12.9. The number of methoxy groups -OCH3 is 1. The van der Waals surface area contributed by atoms with Crippen molar-refractivity contribution in [3.8, 4) is 5.75 Å². The summed E-state index contributed by atoms with van der Waals surface area (Å²) in [4.78, 5) is 0.0980. The minimum absolute atomic E-state index is 0.0980. The molecule has 146 valence electrons. The summed E-state index contributed by atoms with van der Waals surface area (Å²) in [6.45, 7) is 2.99. The van der Waals surface area contributed by atoms with Crippen LogP contribution < -0.4 is 9.46 Å². The number of sulfonamides is 1. The number of hydrogen-bond acceptors (Lipinski definition) is 4. The lowest BCUT2D eigenvalue weighted by Gasteiger charge is -2.38. The van der Waals surface area contributed by atoms with Crippen LogP contribution in [0.2, 0.25) is 0 Å². The molecule has 1 aliphatic rings. The van der Waals surface area contributed by atoms with Crippen molar-refractivity contribution >= 4 is 10.0 Å². The van der Waals surface area contributed by atoms with Gasteiger partial charge in [-0.2, -0.15) is 0 Å². The second-order valence-corrected chi connectivity index (χ2v) is 8.59. The summed E-state index contributed by atoms with van der Waals surface area (Å²) in [5.41, 5.74) is 1.07. The van der Waals surface area contributed by atoms with Crippen LogP contribution in [0.25, 0.3) is 0 Å². The maximum Gasteiger partial charge on any atom is 0.240 e. The lowest BCUT2D eigenvalue weighted by Crippen LogP contribution is -2.44. The maximum absolute atomic E-state index is 13.3. The number of halogens is 1. The van der Waals surface area contributed by atoms with Gasteiger partial charge in [0.15, 0.2) is 0 Å². The average Bonchev–Trinajstić information content (AvgIpc) is 2.67. The molecule has 0 saturated carbocycles. The van der Waals surface area contributed by atoms with Gasteiger partial charge in [-0.25, -0.2) is 17.5 Å². The van der Waals surface area contributed by atoms with Crippen LogP contribution in [0.3, 0.4) is 0 Å². The van der Waals surface area contributed by atoms with E-state index in [4.69, 9.17) is 9.47 Å². The van der Waals surface area contributed by atoms with Crippen molar-refractivity contribution in [1.29, 1.82) is 0 Å². The minimum Gasteiger partial charge on any atom is -0.497 e. The normalized spacial score (nSPS) is 16.9. The van der Waals surface area contributed by atoms with Crippen LogP contribution in [-0.2, 0) is 20.2 Å². The Hall–Kier alpha value is -1.96. The van der Waals surface area contributed by atoms with Crippen molar-refractivity contribution in [2.24, 2.45) is 0 Å². The third kappa shape index (κ3) is 4.31. The maximum atomic E-state index is 13.3. The Balaban J connectivity index is 1.86. The zero-order valence-corrected chi connectivity index (χ0v) is 16.3. The largest absolute Gasteiger partial charge is 0.497 e. The lowest BCUT2D eigenvalue weighted by atomic mass is 9.74. The highest BCUT2D eigenvalue weighted by atomic mass is 32.2.